The summed E-state index contributed by atoms with van der Waals surface area (Å²) in [7, 11) is 0. The minimum absolute atomic E-state index is 0.0522. The molecular weight excluding hydrogens is 310 g/mol. The number of rotatable bonds is 4. The molecule has 0 N–H and O–H groups in total. The Morgan fingerprint density at radius 3 is 2.92 bits per heavy atom. The fourth-order valence-electron chi connectivity index (χ4n) is 2.72. The van der Waals surface area contributed by atoms with E-state index in [4.69, 9.17) is 13.4 Å². The molecule has 0 radical (unpaired) electrons. The summed E-state index contributed by atoms with van der Waals surface area (Å²) in [6, 6.07) is 7.11. The van der Waals surface area contributed by atoms with Crippen LogP contribution in [0, 0.1) is 0 Å². The Labute approximate surface area is 137 Å². The third-order valence-electron chi connectivity index (χ3n) is 3.97. The lowest BCUT2D eigenvalue weighted by Gasteiger charge is -2.12. The molecule has 1 aliphatic rings. The van der Waals surface area contributed by atoms with Gasteiger partial charge in [0.15, 0.2) is 11.6 Å². The van der Waals surface area contributed by atoms with Crippen molar-refractivity contribution in [2.75, 3.05) is 13.1 Å². The van der Waals surface area contributed by atoms with Crippen LogP contribution in [0.5, 0.6) is 0 Å². The van der Waals surface area contributed by atoms with Gasteiger partial charge < -0.3 is 18.3 Å². The van der Waals surface area contributed by atoms with Crippen molar-refractivity contribution < 1.29 is 18.2 Å². The quantitative estimate of drug-likeness (QED) is 0.686. The Bertz CT molecular complexity index is 833. The van der Waals surface area contributed by atoms with Gasteiger partial charge in [0, 0.05) is 25.1 Å². The van der Waals surface area contributed by atoms with Gasteiger partial charge in [-0.15, -0.1) is 0 Å². The smallest absolute Gasteiger partial charge is 0.293 e. The zero-order valence-electron chi connectivity index (χ0n) is 12.8. The number of carbonyl (C=O) groups is 1. The van der Waals surface area contributed by atoms with Gasteiger partial charge in [-0.3, -0.25) is 4.79 Å². The Hall–Kier alpha value is -3.09. The highest BCUT2D eigenvalue weighted by Gasteiger charge is 2.30. The molecule has 3 aromatic rings. The summed E-state index contributed by atoms with van der Waals surface area (Å²) >= 11 is 0. The van der Waals surface area contributed by atoms with Crippen molar-refractivity contribution in [3.8, 4) is 11.7 Å². The van der Waals surface area contributed by atoms with Crippen LogP contribution in [0.1, 0.15) is 23.9 Å². The van der Waals surface area contributed by atoms with Crippen LogP contribution in [0.3, 0.4) is 0 Å². The SMILES string of the molecule is O=C(/C=C/c1ccco1)N1CC[C@H](c2noc(-c3ccco3)n2)C1. The Kier molecular flexibility index (Phi) is 3.74. The molecule has 7 nitrogen and oxygen atoms in total. The standard InChI is InChI=1S/C17H15N3O4/c21-15(6-5-13-3-1-9-22-13)20-8-7-12(11-20)16-18-17(24-19-16)14-4-2-10-23-14/h1-6,9-10,12H,7-8,11H2/b6-5+/t12-/m0/s1. The maximum Gasteiger partial charge on any atom is 0.293 e. The summed E-state index contributed by atoms with van der Waals surface area (Å²) in [5.74, 6) is 2.17. The highest BCUT2D eigenvalue weighted by Crippen LogP contribution is 2.27. The average molecular weight is 325 g/mol. The van der Waals surface area contributed by atoms with Crippen LogP contribution >= 0.6 is 0 Å². The van der Waals surface area contributed by atoms with E-state index in [2.05, 4.69) is 10.1 Å². The summed E-state index contributed by atoms with van der Waals surface area (Å²) in [6.45, 7) is 1.23. The molecule has 122 valence electrons. The van der Waals surface area contributed by atoms with E-state index in [1.165, 1.54) is 6.08 Å². The molecule has 0 aromatic carbocycles. The fraction of sp³-hybridized carbons (Fsp3) is 0.235. The van der Waals surface area contributed by atoms with E-state index in [1.54, 1.807) is 47.8 Å². The first-order chi connectivity index (χ1) is 11.8. The second-order valence-electron chi connectivity index (χ2n) is 5.55. The minimum atomic E-state index is -0.0522. The summed E-state index contributed by atoms with van der Waals surface area (Å²) in [6.07, 6.45) is 7.12. The number of hydrogen-bond acceptors (Lipinski definition) is 6. The monoisotopic (exact) mass is 325 g/mol. The molecule has 1 amide bonds. The molecule has 0 aliphatic carbocycles. The van der Waals surface area contributed by atoms with Gasteiger partial charge in [-0.05, 0) is 36.8 Å². The lowest BCUT2D eigenvalue weighted by atomic mass is 10.1. The summed E-state index contributed by atoms with van der Waals surface area (Å²) in [5.41, 5.74) is 0. The van der Waals surface area contributed by atoms with Crippen molar-refractivity contribution in [1.29, 1.82) is 0 Å². The highest BCUT2D eigenvalue weighted by molar-refractivity contribution is 5.91. The Morgan fingerprint density at radius 2 is 2.12 bits per heavy atom. The molecule has 0 spiro atoms. The second kappa shape index (κ2) is 6.19. The first-order valence-electron chi connectivity index (χ1n) is 7.67. The highest BCUT2D eigenvalue weighted by atomic mass is 16.5. The van der Waals surface area contributed by atoms with Crippen LogP contribution in [-0.2, 0) is 4.79 Å². The van der Waals surface area contributed by atoms with Gasteiger partial charge in [-0.1, -0.05) is 5.16 Å². The van der Waals surface area contributed by atoms with Crippen LogP contribution in [0.25, 0.3) is 17.7 Å². The van der Waals surface area contributed by atoms with Crippen molar-refractivity contribution in [2.24, 2.45) is 0 Å². The number of amides is 1. The predicted molar refractivity (Wildman–Crippen MR) is 83.7 cm³/mol. The van der Waals surface area contributed by atoms with Crippen LogP contribution in [-0.4, -0.2) is 34.0 Å². The third kappa shape index (κ3) is 2.88. The number of likely N-dealkylation sites (tertiary alicyclic amines) is 1. The molecule has 4 rings (SSSR count). The minimum Gasteiger partial charge on any atom is -0.465 e. The number of nitrogens with zero attached hydrogens (tertiary/aromatic N) is 3. The molecule has 0 bridgehead atoms. The largest absolute Gasteiger partial charge is 0.465 e. The predicted octanol–water partition coefficient (Wildman–Crippen LogP) is 2.95. The molecule has 0 saturated carbocycles. The lowest BCUT2D eigenvalue weighted by molar-refractivity contribution is -0.125. The number of furan rings is 2. The van der Waals surface area contributed by atoms with E-state index in [1.807, 2.05) is 0 Å². The van der Waals surface area contributed by atoms with E-state index in [0.717, 1.165) is 6.42 Å². The normalized spacial score (nSPS) is 17.8. The molecule has 3 aromatic heterocycles. The van der Waals surface area contributed by atoms with Gasteiger partial charge in [-0.2, -0.15) is 4.98 Å². The third-order valence-corrected chi connectivity index (χ3v) is 3.97. The molecule has 1 aliphatic heterocycles. The van der Waals surface area contributed by atoms with Crippen LogP contribution in [0.15, 0.2) is 56.2 Å². The molecule has 1 fully saturated rings. The number of carbonyl (C=O) groups excluding carboxylic acids is 1. The van der Waals surface area contributed by atoms with Crippen LogP contribution in [0.4, 0.5) is 0 Å². The fourth-order valence-corrected chi connectivity index (χ4v) is 2.72. The van der Waals surface area contributed by atoms with E-state index in [9.17, 15) is 4.79 Å². The van der Waals surface area contributed by atoms with E-state index in [0.29, 0.717) is 36.3 Å². The topological polar surface area (TPSA) is 85.5 Å². The molecule has 24 heavy (non-hydrogen) atoms. The van der Waals surface area contributed by atoms with Crippen LogP contribution < -0.4 is 0 Å². The Morgan fingerprint density at radius 1 is 1.25 bits per heavy atom. The first kappa shape index (κ1) is 14.5. The van der Waals surface area contributed by atoms with Crippen molar-refractivity contribution in [2.45, 2.75) is 12.3 Å². The average Bonchev–Trinajstić information content (AvgIpc) is 3.40. The van der Waals surface area contributed by atoms with Crippen molar-refractivity contribution in [1.82, 2.24) is 15.0 Å². The summed E-state index contributed by atoms with van der Waals surface area (Å²) in [4.78, 5) is 18.4. The van der Waals surface area contributed by atoms with E-state index in [-0.39, 0.29) is 11.8 Å². The maximum atomic E-state index is 12.2. The Balaban J connectivity index is 1.40. The first-order valence-corrected chi connectivity index (χ1v) is 7.67. The lowest BCUT2D eigenvalue weighted by Crippen LogP contribution is -2.26. The molecule has 1 saturated heterocycles. The molecule has 0 unspecified atom stereocenters. The zero-order chi connectivity index (χ0) is 16.4. The van der Waals surface area contributed by atoms with E-state index >= 15 is 0 Å². The summed E-state index contributed by atoms with van der Waals surface area (Å²) < 4.78 is 15.6. The van der Waals surface area contributed by atoms with E-state index < -0.39 is 0 Å². The van der Waals surface area contributed by atoms with Gasteiger partial charge in [0.1, 0.15) is 5.76 Å². The van der Waals surface area contributed by atoms with Crippen molar-refractivity contribution >= 4 is 12.0 Å². The van der Waals surface area contributed by atoms with Crippen molar-refractivity contribution in [3.05, 3.63) is 54.5 Å². The van der Waals surface area contributed by atoms with Gasteiger partial charge in [0.25, 0.3) is 5.89 Å². The summed E-state index contributed by atoms with van der Waals surface area (Å²) in [5, 5.41) is 4.02. The van der Waals surface area contributed by atoms with Crippen LogP contribution in [0.2, 0.25) is 0 Å². The second-order valence-corrected chi connectivity index (χ2v) is 5.55. The molecule has 1 atom stereocenters. The van der Waals surface area contributed by atoms with Gasteiger partial charge in [0.05, 0.1) is 12.5 Å². The number of hydrogen-bond donors (Lipinski definition) is 0. The van der Waals surface area contributed by atoms with Gasteiger partial charge in [-0.25, -0.2) is 0 Å². The van der Waals surface area contributed by atoms with Gasteiger partial charge >= 0.3 is 0 Å². The van der Waals surface area contributed by atoms with Crippen molar-refractivity contribution in [3.63, 3.8) is 0 Å². The zero-order valence-corrected chi connectivity index (χ0v) is 12.8. The molecule has 4 heterocycles. The van der Waals surface area contributed by atoms with Gasteiger partial charge in [0.2, 0.25) is 5.91 Å². The number of aromatic nitrogens is 2. The maximum absolute atomic E-state index is 12.2. The molecule has 7 heteroatoms. The molecular formula is C17H15N3O4.